The van der Waals surface area contributed by atoms with Gasteiger partial charge in [-0.3, -0.25) is 0 Å². The van der Waals surface area contributed by atoms with Crippen molar-refractivity contribution in [2.75, 3.05) is 0 Å². The van der Waals surface area contributed by atoms with E-state index in [1.165, 1.54) is 44.3 Å². The zero-order chi connectivity index (χ0) is 13.6. The van der Waals surface area contributed by atoms with Crippen LogP contribution in [0, 0.1) is 11.3 Å². The molecule has 18 heavy (non-hydrogen) atoms. The lowest BCUT2D eigenvalue weighted by atomic mass is 9.77. The molecule has 0 saturated heterocycles. The quantitative estimate of drug-likeness (QED) is 0.596. The predicted octanol–water partition coefficient (Wildman–Crippen LogP) is 5.54. The fraction of sp³-hybridized carbons (Fsp3) is 0.875. The summed E-state index contributed by atoms with van der Waals surface area (Å²) in [5.74, 6) is 1.96. The van der Waals surface area contributed by atoms with Crippen molar-refractivity contribution in [3.05, 3.63) is 11.8 Å². The normalized spacial score (nSPS) is 26.6. The molecule has 1 unspecified atom stereocenters. The minimum Gasteiger partial charge on any atom is -0.546 e. The minimum atomic E-state index is -0.618. The smallest absolute Gasteiger partial charge is 0.273 e. The Bertz CT molecular complexity index is 263. The largest absolute Gasteiger partial charge is 0.546 e. The van der Waals surface area contributed by atoms with E-state index in [2.05, 4.69) is 39.9 Å². The SMILES string of the molecule is C[Si](C)O/C1=C/C(C(C)(C)C)CCCCCCC1. The van der Waals surface area contributed by atoms with Gasteiger partial charge in [0, 0.05) is 6.42 Å². The van der Waals surface area contributed by atoms with E-state index in [9.17, 15) is 0 Å². The average molecular weight is 268 g/mol. The summed E-state index contributed by atoms with van der Waals surface area (Å²) in [6, 6.07) is 0. The Morgan fingerprint density at radius 2 is 1.67 bits per heavy atom. The molecule has 1 aliphatic rings. The lowest BCUT2D eigenvalue weighted by Gasteiger charge is -2.30. The molecule has 0 aromatic rings. The molecule has 0 saturated carbocycles. The Morgan fingerprint density at radius 1 is 1.06 bits per heavy atom. The molecule has 0 aromatic heterocycles. The first kappa shape index (κ1) is 15.8. The van der Waals surface area contributed by atoms with Gasteiger partial charge in [-0.1, -0.05) is 46.5 Å². The molecule has 1 aliphatic carbocycles. The van der Waals surface area contributed by atoms with Gasteiger partial charge in [-0.15, -0.1) is 0 Å². The molecule has 0 amide bonds. The molecule has 0 N–H and O–H groups in total. The lowest BCUT2D eigenvalue weighted by Crippen LogP contribution is -2.20. The Morgan fingerprint density at radius 3 is 2.28 bits per heavy atom. The summed E-state index contributed by atoms with van der Waals surface area (Å²) in [5, 5.41) is 0. The summed E-state index contributed by atoms with van der Waals surface area (Å²) in [7, 11) is -0.618. The van der Waals surface area contributed by atoms with Crippen LogP contribution in [0.4, 0.5) is 0 Å². The zero-order valence-corrected chi connectivity index (χ0v) is 14.0. The number of allylic oxidation sites excluding steroid dienone is 2. The molecule has 0 heterocycles. The highest BCUT2D eigenvalue weighted by Gasteiger charge is 2.23. The number of rotatable bonds is 2. The highest BCUT2D eigenvalue weighted by molar-refractivity contribution is 6.48. The number of hydrogen-bond donors (Lipinski definition) is 0. The van der Waals surface area contributed by atoms with Crippen LogP contribution in [0.25, 0.3) is 0 Å². The van der Waals surface area contributed by atoms with Crippen LogP contribution in [-0.4, -0.2) is 9.04 Å². The third-order valence-electron chi connectivity index (χ3n) is 3.77. The van der Waals surface area contributed by atoms with Crippen LogP contribution in [0.3, 0.4) is 0 Å². The maximum Gasteiger partial charge on any atom is 0.273 e. The summed E-state index contributed by atoms with van der Waals surface area (Å²) in [5.41, 5.74) is 0.363. The highest BCUT2D eigenvalue weighted by atomic mass is 28.3. The highest BCUT2D eigenvalue weighted by Crippen LogP contribution is 2.34. The van der Waals surface area contributed by atoms with Crippen molar-refractivity contribution in [3.8, 4) is 0 Å². The van der Waals surface area contributed by atoms with Gasteiger partial charge < -0.3 is 4.43 Å². The Balaban J connectivity index is 2.80. The van der Waals surface area contributed by atoms with E-state index >= 15 is 0 Å². The molecule has 1 rings (SSSR count). The molecule has 0 aliphatic heterocycles. The van der Waals surface area contributed by atoms with E-state index in [-0.39, 0.29) is 0 Å². The molecular weight excluding hydrogens is 236 g/mol. The fourth-order valence-corrected chi connectivity index (χ4v) is 3.31. The molecule has 105 valence electrons. The summed E-state index contributed by atoms with van der Waals surface area (Å²) >= 11 is 0. The molecule has 0 bridgehead atoms. The van der Waals surface area contributed by atoms with Crippen LogP contribution in [0.15, 0.2) is 11.8 Å². The van der Waals surface area contributed by atoms with Crippen LogP contribution in [0.2, 0.25) is 13.1 Å². The second-order valence-corrected chi connectivity index (χ2v) is 8.94. The van der Waals surface area contributed by atoms with Crippen LogP contribution < -0.4 is 0 Å². The van der Waals surface area contributed by atoms with Gasteiger partial charge in [-0.05, 0) is 43.3 Å². The van der Waals surface area contributed by atoms with Crippen molar-refractivity contribution in [3.63, 3.8) is 0 Å². The molecule has 1 radical (unpaired) electrons. The Hall–Kier alpha value is -0.243. The molecule has 0 spiro atoms. The number of hydrogen-bond acceptors (Lipinski definition) is 1. The third-order valence-corrected chi connectivity index (χ3v) is 4.44. The first-order valence-electron chi connectivity index (χ1n) is 7.58. The van der Waals surface area contributed by atoms with Crippen LogP contribution in [0.5, 0.6) is 0 Å². The summed E-state index contributed by atoms with van der Waals surface area (Å²) < 4.78 is 6.11. The van der Waals surface area contributed by atoms with Crippen LogP contribution in [0.1, 0.15) is 65.7 Å². The van der Waals surface area contributed by atoms with Crippen molar-refractivity contribution >= 4 is 9.04 Å². The van der Waals surface area contributed by atoms with Gasteiger partial charge in [-0.2, -0.15) is 0 Å². The van der Waals surface area contributed by atoms with Gasteiger partial charge in [0.05, 0.1) is 5.76 Å². The topological polar surface area (TPSA) is 9.23 Å². The van der Waals surface area contributed by atoms with Gasteiger partial charge >= 0.3 is 0 Å². The molecule has 0 fully saturated rings. The van der Waals surface area contributed by atoms with E-state index in [1.807, 2.05) is 0 Å². The van der Waals surface area contributed by atoms with Crippen molar-refractivity contribution in [1.82, 2.24) is 0 Å². The zero-order valence-electron chi connectivity index (χ0n) is 13.0. The van der Waals surface area contributed by atoms with Gasteiger partial charge in [-0.25, -0.2) is 0 Å². The molecular formula is C16H31OSi. The van der Waals surface area contributed by atoms with Crippen molar-refractivity contribution < 1.29 is 4.43 Å². The summed E-state index contributed by atoms with van der Waals surface area (Å²) in [6.45, 7) is 11.6. The monoisotopic (exact) mass is 267 g/mol. The second kappa shape index (κ2) is 7.37. The van der Waals surface area contributed by atoms with Gasteiger partial charge in [0.2, 0.25) is 0 Å². The molecule has 1 nitrogen and oxygen atoms in total. The van der Waals surface area contributed by atoms with E-state index in [1.54, 1.807) is 0 Å². The van der Waals surface area contributed by atoms with E-state index in [4.69, 9.17) is 4.43 Å². The Kier molecular flexibility index (Phi) is 6.48. The van der Waals surface area contributed by atoms with Gasteiger partial charge in [0.1, 0.15) is 0 Å². The maximum atomic E-state index is 6.11. The van der Waals surface area contributed by atoms with Crippen molar-refractivity contribution in [1.29, 1.82) is 0 Å². The van der Waals surface area contributed by atoms with E-state index in [0.29, 0.717) is 11.3 Å². The lowest BCUT2D eigenvalue weighted by molar-refractivity contribution is 0.259. The summed E-state index contributed by atoms with van der Waals surface area (Å²) in [4.78, 5) is 0. The van der Waals surface area contributed by atoms with Gasteiger partial charge in [0.25, 0.3) is 9.04 Å². The van der Waals surface area contributed by atoms with E-state index in [0.717, 1.165) is 6.42 Å². The van der Waals surface area contributed by atoms with Crippen LogP contribution in [-0.2, 0) is 4.43 Å². The predicted molar refractivity (Wildman–Crippen MR) is 81.9 cm³/mol. The minimum absolute atomic E-state index is 0.363. The third kappa shape index (κ3) is 6.08. The molecule has 2 heteroatoms. The van der Waals surface area contributed by atoms with E-state index < -0.39 is 9.04 Å². The molecule has 0 aromatic carbocycles. The maximum absolute atomic E-state index is 6.11. The van der Waals surface area contributed by atoms with Gasteiger partial charge in [0.15, 0.2) is 0 Å². The average Bonchev–Trinajstić information content (AvgIpc) is 2.24. The van der Waals surface area contributed by atoms with Crippen LogP contribution >= 0.6 is 0 Å². The molecule has 1 atom stereocenters. The fourth-order valence-electron chi connectivity index (χ4n) is 2.62. The van der Waals surface area contributed by atoms with Crippen molar-refractivity contribution in [2.45, 2.75) is 78.8 Å². The first-order chi connectivity index (χ1) is 8.39. The second-order valence-electron chi connectivity index (χ2n) is 6.92. The first-order valence-corrected chi connectivity index (χ1v) is 9.99. The standard InChI is InChI=1S/C16H31OSi/c1-16(2,3)14-11-9-7-6-8-10-12-15(13-14)17-18(4)5/h13-14H,6-12H2,1-5H3/b15-13+. The summed E-state index contributed by atoms with van der Waals surface area (Å²) in [6.07, 6.45) is 11.8. The Labute approximate surface area is 116 Å². The van der Waals surface area contributed by atoms with Crippen molar-refractivity contribution in [2.24, 2.45) is 11.3 Å².